The number of hydrogen-bond acceptors (Lipinski definition) is 5. The predicted molar refractivity (Wildman–Crippen MR) is 137 cm³/mol. The number of nitriles is 1. The number of fused-ring (bicyclic) bond motifs is 6. The van der Waals surface area contributed by atoms with Crippen LogP contribution in [-0.4, -0.2) is 21.4 Å². The molecule has 3 heterocycles. The van der Waals surface area contributed by atoms with Crippen molar-refractivity contribution in [1.82, 2.24) is 4.57 Å². The van der Waals surface area contributed by atoms with Crippen LogP contribution in [0.4, 0.5) is 0 Å². The summed E-state index contributed by atoms with van der Waals surface area (Å²) in [5.41, 5.74) is 3.24. The summed E-state index contributed by atoms with van der Waals surface area (Å²) >= 11 is 0. The molecule has 0 spiro atoms. The Balaban J connectivity index is 1.43. The molecule has 182 valence electrons. The summed E-state index contributed by atoms with van der Waals surface area (Å²) < 4.78 is 14.2. The number of ether oxygens (including phenoxy) is 2. The molecule has 0 saturated carbocycles. The third-order valence-electron chi connectivity index (χ3n) is 7.90. The molecule has 2 bridgehead atoms. The van der Waals surface area contributed by atoms with Crippen LogP contribution in [0.15, 0.2) is 54.6 Å². The molecule has 3 aromatic carbocycles. The van der Waals surface area contributed by atoms with E-state index in [1.54, 1.807) is 12.1 Å². The maximum atomic E-state index is 11.6. The summed E-state index contributed by atoms with van der Waals surface area (Å²) in [5.74, 6) is 0.809. The average molecular weight is 481 g/mol. The second-order valence-electron chi connectivity index (χ2n) is 10.2. The molecule has 6 nitrogen and oxygen atoms in total. The van der Waals surface area contributed by atoms with Crippen molar-refractivity contribution in [2.45, 2.75) is 51.2 Å². The van der Waals surface area contributed by atoms with Crippen molar-refractivity contribution in [3.63, 3.8) is 0 Å². The van der Waals surface area contributed by atoms with Gasteiger partial charge in [0.05, 0.1) is 40.7 Å². The van der Waals surface area contributed by atoms with Gasteiger partial charge in [-0.25, -0.2) is 0 Å². The zero-order valence-corrected chi connectivity index (χ0v) is 20.6. The van der Waals surface area contributed by atoms with Gasteiger partial charge in [-0.2, -0.15) is 5.26 Å². The molecule has 1 fully saturated rings. The van der Waals surface area contributed by atoms with Crippen molar-refractivity contribution < 1.29 is 19.7 Å². The molecule has 0 aliphatic carbocycles. The van der Waals surface area contributed by atoms with Crippen molar-refractivity contribution in [2.75, 3.05) is 6.61 Å². The Hall–Kier alpha value is -3.95. The number of aromatic hydroxyl groups is 2. The van der Waals surface area contributed by atoms with Crippen molar-refractivity contribution in [2.24, 2.45) is 0 Å². The topological polar surface area (TPSA) is 87.6 Å². The van der Waals surface area contributed by atoms with Gasteiger partial charge in [0, 0.05) is 17.2 Å². The molecular formula is C30H28N2O4. The molecule has 6 rings (SSSR count). The van der Waals surface area contributed by atoms with Gasteiger partial charge in [0.2, 0.25) is 11.8 Å². The maximum Gasteiger partial charge on any atom is 0.205 e. The van der Waals surface area contributed by atoms with E-state index < -0.39 is 11.2 Å². The van der Waals surface area contributed by atoms with Gasteiger partial charge in [-0.3, -0.25) is 4.57 Å². The number of aromatic nitrogens is 1. The summed E-state index contributed by atoms with van der Waals surface area (Å²) in [7, 11) is 0. The van der Waals surface area contributed by atoms with Gasteiger partial charge in [-0.1, -0.05) is 36.4 Å². The lowest BCUT2D eigenvalue weighted by Gasteiger charge is -2.26. The van der Waals surface area contributed by atoms with E-state index in [1.165, 1.54) is 4.57 Å². The molecule has 4 aromatic rings. The lowest BCUT2D eigenvalue weighted by Crippen LogP contribution is -2.25. The van der Waals surface area contributed by atoms with Crippen LogP contribution >= 0.6 is 0 Å². The standard InChI is InChI=1S/C30H28N2O4/c1-18-8-9-19(2)24(16-18)35-15-14-30-13-12-29(3,36-30)25-26(30)28(34)32(27(25)33)23-11-10-20(17-31)21-6-4-5-7-22(21)23/h4-11,16,33-34H,12-15H2,1-3H3/t29-,30-/m0/s1. The lowest BCUT2D eigenvalue weighted by atomic mass is 9.78. The highest BCUT2D eigenvalue weighted by Crippen LogP contribution is 2.65. The quantitative estimate of drug-likeness (QED) is 0.353. The fourth-order valence-electron chi connectivity index (χ4n) is 6.10. The Morgan fingerprint density at radius 2 is 1.75 bits per heavy atom. The third kappa shape index (κ3) is 3.06. The molecule has 2 aliphatic rings. The number of nitrogens with zero attached hydrogens (tertiary/aromatic N) is 2. The highest BCUT2D eigenvalue weighted by molar-refractivity contribution is 5.95. The van der Waals surface area contributed by atoms with Crippen LogP contribution in [0.2, 0.25) is 0 Å². The second-order valence-corrected chi connectivity index (χ2v) is 10.2. The molecular weight excluding hydrogens is 452 g/mol. The fourth-order valence-corrected chi connectivity index (χ4v) is 6.10. The van der Waals surface area contributed by atoms with Gasteiger partial charge in [-0.15, -0.1) is 0 Å². The zero-order chi connectivity index (χ0) is 25.2. The van der Waals surface area contributed by atoms with Crippen LogP contribution in [0.3, 0.4) is 0 Å². The summed E-state index contributed by atoms with van der Waals surface area (Å²) in [5, 5.41) is 34.2. The fraction of sp³-hybridized carbons (Fsp3) is 0.300. The van der Waals surface area contributed by atoms with E-state index in [2.05, 4.69) is 12.1 Å². The number of benzene rings is 3. The largest absolute Gasteiger partial charge is 0.494 e. The van der Waals surface area contributed by atoms with Crippen LogP contribution in [0.5, 0.6) is 17.5 Å². The minimum Gasteiger partial charge on any atom is -0.494 e. The number of hydrogen-bond donors (Lipinski definition) is 2. The Kier molecular flexibility index (Phi) is 4.86. The zero-order valence-electron chi connectivity index (χ0n) is 20.6. The molecule has 0 unspecified atom stereocenters. The van der Waals surface area contributed by atoms with Crippen LogP contribution in [0, 0.1) is 25.2 Å². The van der Waals surface area contributed by atoms with Gasteiger partial charge in [0.15, 0.2) is 0 Å². The Labute approximate surface area is 209 Å². The Bertz CT molecular complexity index is 1580. The number of aryl methyl sites for hydroxylation is 2. The molecule has 2 atom stereocenters. The normalized spacial score (nSPS) is 22.1. The SMILES string of the molecule is Cc1ccc(C)c(OCC[C@]23CC[C@](C)(O2)c2c3c(O)n(-c3ccc(C#N)c4ccccc34)c2O)c1. The Morgan fingerprint density at radius 3 is 2.53 bits per heavy atom. The molecule has 0 radical (unpaired) electrons. The van der Waals surface area contributed by atoms with Gasteiger partial charge in [0.25, 0.3) is 0 Å². The van der Waals surface area contributed by atoms with E-state index in [1.807, 2.05) is 57.2 Å². The third-order valence-corrected chi connectivity index (χ3v) is 7.90. The second kappa shape index (κ2) is 7.78. The van der Waals surface area contributed by atoms with Gasteiger partial charge >= 0.3 is 0 Å². The van der Waals surface area contributed by atoms with E-state index in [4.69, 9.17) is 9.47 Å². The van der Waals surface area contributed by atoms with E-state index in [-0.39, 0.29) is 11.8 Å². The van der Waals surface area contributed by atoms with E-state index >= 15 is 0 Å². The minimum absolute atomic E-state index is 0.0168. The van der Waals surface area contributed by atoms with Crippen LogP contribution in [0.1, 0.15) is 54.0 Å². The first-order valence-corrected chi connectivity index (χ1v) is 12.3. The van der Waals surface area contributed by atoms with Crippen molar-refractivity contribution in [3.05, 3.63) is 82.4 Å². The molecule has 2 aliphatic heterocycles. The highest BCUT2D eigenvalue weighted by atomic mass is 16.5. The smallest absolute Gasteiger partial charge is 0.205 e. The molecule has 36 heavy (non-hydrogen) atoms. The van der Waals surface area contributed by atoms with Crippen molar-refractivity contribution >= 4 is 10.8 Å². The first kappa shape index (κ1) is 22.5. The molecule has 0 amide bonds. The summed E-state index contributed by atoms with van der Waals surface area (Å²) in [4.78, 5) is 0. The molecule has 2 N–H and O–H groups in total. The van der Waals surface area contributed by atoms with Crippen LogP contribution in [0.25, 0.3) is 16.5 Å². The molecule has 6 heteroatoms. The van der Waals surface area contributed by atoms with Gasteiger partial charge in [0.1, 0.15) is 11.4 Å². The monoisotopic (exact) mass is 480 g/mol. The van der Waals surface area contributed by atoms with E-state index in [0.29, 0.717) is 35.4 Å². The highest BCUT2D eigenvalue weighted by Gasteiger charge is 2.61. The van der Waals surface area contributed by atoms with E-state index in [0.717, 1.165) is 40.5 Å². The summed E-state index contributed by atoms with van der Waals surface area (Å²) in [6.45, 7) is 6.46. The summed E-state index contributed by atoms with van der Waals surface area (Å²) in [6, 6.07) is 19.4. The van der Waals surface area contributed by atoms with Crippen LogP contribution < -0.4 is 4.74 Å². The lowest BCUT2D eigenvalue weighted by molar-refractivity contribution is -0.0876. The average Bonchev–Trinajstić information content (AvgIpc) is 3.45. The van der Waals surface area contributed by atoms with E-state index in [9.17, 15) is 15.5 Å². The predicted octanol–water partition coefficient (Wildman–Crippen LogP) is 6.23. The van der Waals surface area contributed by atoms with Gasteiger partial charge in [-0.05, 0) is 62.9 Å². The minimum atomic E-state index is -0.739. The first-order chi connectivity index (χ1) is 17.3. The first-order valence-electron chi connectivity index (χ1n) is 12.3. The maximum absolute atomic E-state index is 11.6. The Morgan fingerprint density at radius 1 is 1.00 bits per heavy atom. The van der Waals surface area contributed by atoms with Gasteiger partial charge < -0.3 is 19.7 Å². The van der Waals surface area contributed by atoms with Crippen molar-refractivity contribution in [1.29, 1.82) is 5.26 Å². The number of rotatable bonds is 5. The molecule has 1 aromatic heterocycles. The molecule has 1 saturated heterocycles. The van der Waals surface area contributed by atoms with Crippen LogP contribution in [-0.2, 0) is 15.9 Å². The van der Waals surface area contributed by atoms with Crippen molar-refractivity contribution in [3.8, 4) is 29.3 Å². The summed E-state index contributed by atoms with van der Waals surface area (Å²) in [6.07, 6.45) is 2.03.